The zero-order valence-electron chi connectivity index (χ0n) is 7.96. The van der Waals surface area contributed by atoms with E-state index in [0.717, 1.165) is 5.56 Å². The Kier molecular flexibility index (Phi) is 1.26. The van der Waals surface area contributed by atoms with Crippen molar-refractivity contribution in [3.63, 3.8) is 0 Å². The van der Waals surface area contributed by atoms with Crippen LogP contribution >= 0.6 is 0 Å². The van der Waals surface area contributed by atoms with Crippen LogP contribution in [0.3, 0.4) is 0 Å². The van der Waals surface area contributed by atoms with Crippen LogP contribution in [0.15, 0.2) is 24.3 Å². The van der Waals surface area contributed by atoms with Crippen molar-refractivity contribution < 1.29 is 13.2 Å². The van der Waals surface area contributed by atoms with Crippen molar-refractivity contribution in [2.75, 3.05) is 5.75 Å². The Hall–Kier alpha value is -0.870. The van der Waals surface area contributed by atoms with Crippen LogP contribution in [0.2, 0.25) is 0 Å². The molecule has 4 rings (SSSR count). The van der Waals surface area contributed by atoms with Gasteiger partial charge in [-0.15, -0.1) is 0 Å². The van der Waals surface area contributed by atoms with Crippen molar-refractivity contribution in [3.05, 3.63) is 35.4 Å². The summed E-state index contributed by atoms with van der Waals surface area (Å²) in [4.78, 5) is 0. The lowest BCUT2D eigenvalue weighted by Gasteiger charge is -2.37. The molecular weight excluding hydrogens is 212 g/mol. The zero-order chi connectivity index (χ0) is 10.2. The molecule has 3 aliphatic heterocycles. The molecule has 0 spiro atoms. The molecule has 1 aromatic rings. The summed E-state index contributed by atoms with van der Waals surface area (Å²) in [6, 6.07) is 7.99. The van der Waals surface area contributed by atoms with Crippen LogP contribution in [0.4, 0.5) is 0 Å². The Morgan fingerprint density at radius 2 is 1.80 bits per heavy atom. The van der Waals surface area contributed by atoms with Crippen LogP contribution < -0.4 is 0 Å². The van der Waals surface area contributed by atoms with E-state index in [-0.39, 0.29) is 23.4 Å². The van der Waals surface area contributed by atoms with Crippen molar-refractivity contribution in [2.24, 2.45) is 5.92 Å². The minimum atomic E-state index is -2.86. The molecule has 3 aliphatic rings. The number of benzene rings is 1. The Morgan fingerprint density at radius 1 is 1.13 bits per heavy atom. The highest BCUT2D eigenvalue weighted by molar-refractivity contribution is 7.93. The fourth-order valence-electron chi connectivity index (χ4n) is 3.21. The van der Waals surface area contributed by atoms with Crippen molar-refractivity contribution in [1.82, 2.24) is 0 Å². The molecule has 4 heteroatoms. The molecule has 3 heterocycles. The molecular formula is C11H10O3S. The van der Waals surface area contributed by atoms with E-state index in [9.17, 15) is 8.42 Å². The summed E-state index contributed by atoms with van der Waals surface area (Å²) in [5, 5.41) is -0.252. The van der Waals surface area contributed by atoms with Gasteiger partial charge in [-0.1, -0.05) is 24.3 Å². The van der Waals surface area contributed by atoms with Gasteiger partial charge in [-0.05, 0) is 11.1 Å². The molecule has 1 aromatic carbocycles. The molecule has 3 nitrogen and oxygen atoms in total. The lowest BCUT2D eigenvalue weighted by Crippen LogP contribution is -2.49. The van der Waals surface area contributed by atoms with E-state index in [2.05, 4.69) is 6.07 Å². The largest absolute Gasteiger partial charge is 0.364 e. The molecule has 2 fully saturated rings. The predicted molar refractivity (Wildman–Crippen MR) is 54.1 cm³/mol. The van der Waals surface area contributed by atoms with Crippen LogP contribution in [0, 0.1) is 5.92 Å². The third kappa shape index (κ3) is 0.799. The highest BCUT2D eigenvalue weighted by Crippen LogP contribution is 2.60. The maximum atomic E-state index is 11.6. The number of ether oxygens (including phenoxy) is 1. The van der Waals surface area contributed by atoms with Crippen LogP contribution in [0.25, 0.3) is 0 Å². The lowest BCUT2D eigenvalue weighted by molar-refractivity contribution is 0.0646. The fourth-order valence-corrected chi connectivity index (χ4v) is 5.35. The molecule has 4 atom stereocenters. The Morgan fingerprint density at radius 3 is 2.47 bits per heavy atom. The van der Waals surface area contributed by atoms with E-state index >= 15 is 0 Å². The second kappa shape index (κ2) is 2.28. The molecule has 0 aromatic heterocycles. The van der Waals surface area contributed by atoms with Gasteiger partial charge in [0.05, 0.1) is 17.1 Å². The molecule has 0 aliphatic carbocycles. The molecule has 78 valence electrons. The summed E-state index contributed by atoms with van der Waals surface area (Å²) in [6.07, 6.45) is -0.144. The van der Waals surface area contributed by atoms with Crippen molar-refractivity contribution in [1.29, 1.82) is 0 Å². The average Bonchev–Trinajstić information content (AvgIpc) is 2.70. The molecule has 2 bridgehead atoms. The van der Waals surface area contributed by atoms with Crippen LogP contribution in [-0.4, -0.2) is 19.4 Å². The van der Waals surface area contributed by atoms with Gasteiger partial charge in [0.15, 0.2) is 9.84 Å². The zero-order valence-corrected chi connectivity index (χ0v) is 8.78. The summed E-state index contributed by atoms with van der Waals surface area (Å²) < 4.78 is 29.0. The van der Waals surface area contributed by atoms with E-state index in [0.29, 0.717) is 5.75 Å². The minimum absolute atomic E-state index is 0.0414. The number of fused-ring (bicyclic) bond motifs is 8. The highest BCUT2D eigenvalue weighted by atomic mass is 32.2. The summed E-state index contributed by atoms with van der Waals surface area (Å²) in [6.45, 7) is 0. The summed E-state index contributed by atoms with van der Waals surface area (Å²) in [5.41, 5.74) is 2.30. The van der Waals surface area contributed by atoms with Crippen molar-refractivity contribution >= 4 is 9.84 Å². The molecule has 2 saturated heterocycles. The minimum Gasteiger partial charge on any atom is -0.364 e. The lowest BCUT2D eigenvalue weighted by atomic mass is 9.84. The van der Waals surface area contributed by atoms with Gasteiger partial charge in [0.25, 0.3) is 0 Å². The van der Waals surface area contributed by atoms with Crippen molar-refractivity contribution in [2.45, 2.75) is 17.5 Å². The number of hydrogen-bond acceptors (Lipinski definition) is 3. The Labute approximate surface area is 88.0 Å². The second-order valence-corrected chi connectivity index (χ2v) is 6.77. The van der Waals surface area contributed by atoms with Gasteiger partial charge >= 0.3 is 0 Å². The normalized spacial score (nSPS) is 43.2. The van der Waals surface area contributed by atoms with E-state index in [1.165, 1.54) is 5.56 Å². The predicted octanol–water partition coefficient (Wildman–Crippen LogP) is 1.23. The van der Waals surface area contributed by atoms with Crippen LogP contribution in [0.1, 0.15) is 23.3 Å². The third-order valence-electron chi connectivity index (χ3n) is 3.85. The van der Waals surface area contributed by atoms with Gasteiger partial charge in [-0.2, -0.15) is 0 Å². The highest BCUT2D eigenvalue weighted by Gasteiger charge is 2.64. The Balaban J connectivity index is 1.93. The van der Waals surface area contributed by atoms with Gasteiger partial charge in [0.1, 0.15) is 6.10 Å². The van der Waals surface area contributed by atoms with E-state index < -0.39 is 9.84 Å². The van der Waals surface area contributed by atoms with E-state index in [1.807, 2.05) is 18.2 Å². The molecule has 15 heavy (non-hydrogen) atoms. The van der Waals surface area contributed by atoms with Gasteiger partial charge in [0.2, 0.25) is 0 Å². The molecule has 0 amide bonds. The van der Waals surface area contributed by atoms with Gasteiger partial charge in [0, 0.05) is 5.92 Å². The second-order valence-electron chi connectivity index (χ2n) is 4.56. The first-order valence-corrected chi connectivity index (χ1v) is 6.86. The topological polar surface area (TPSA) is 43.4 Å². The monoisotopic (exact) mass is 222 g/mol. The van der Waals surface area contributed by atoms with Crippen molar-refractivity contribution in [3.8, 4) is 0 Å². The first kappa shape index (κ1) is 8.30. The standard InChI is InChI=1S/C11H10O3S/c12-15(13)5-8-9-6-3-1-2-4-7(6)10(14-9)11(8)15/h1-4,8-11H,5H2/t8-,9?,10?,11-/m0/s1. The van der Waals surface area contributed by atoms with Gasteiger partial charge in [-0.25, -0.2) is 8.42 Å². The molecule has 2 unspecified atom stereocenters. The van der Waals surface area contributed by atoms with Gasteiger partial charge < -0.3 is 4.74 Å². The SMILES string of the molecule is O=S1(=O)C[C@H]2C3OC(c4ccccc43)[C@H]21. The van der Waals surface area contributed by atoms with E-state index in [4.69, 9.17) is 4.74 Å². The number of sulfone groups is 1. The quantitative estimate of drug-likeness (QED) is 0.663. The summed E-state index contributed by atoms with van der Waals surface area (Å²) in [7, 11) is -2.86. The Bertz CT molecular complexity index is 549. The van der Waals surface area contributed by atoms with Crippen LogP contribution in [0.5, 0.6) is 0 Å². The van der Waals surface area contributed by atoms with E-state index in [1.54, 1.807) is 0 Å². The maximum absolute atomic E-state index is 11.6. The fraction of sp³-hybridized carbons (Fsp3) is 0.455. The first-order chi connectivity index (χ1) is 7.18. The average molecular weight is 222 g/mol. The molecule has 0 radical (unpaired) electrons. The summed E-state index contributed by atoms with van der Waals surface area (Å²) >= 11 is 0. The van der Waals surface area contributed by atoms with Gasteiger partial charge in [-0.3, -0.25) is 0 Å². The summed E-state index contributed by atoms with van der Waals surface area (Å²) in [5.74, 6) is 0.530. The first-order valence-electron chi connectivity index (χ1n) is 5.14. The van der Waals surface area contributed by atoms with Crippen LogP contribution in [-0.2, 0) is 14.6 Å². The maximum Gasteiger partial charge on any atom is 0.156 e. The smallest absolute Gasteiger partial charge is 0.156 e. The molecule has 0 saturated carbocycles. The number of rotatable bonds is 0. The molecule has 0 N–H and O–H groups in total. The third-order valence-corrected chi connectivity index (χ3v) is 6.13. The number of hydrogen-bond donors (Lipinski definition) is 0.